The highest BCUT2D eigenvalue weighted by atomic mass is 32.2. The lowest BCUT2D eigenvalue weighted by atomic mass is 10.1. The molecule has 4 aromatic carbocycles. The lowest BCUT2D eigenvalue weighted by molar-refractivity contribution is 0.456. The van der Waals surface area contributed by atoms with E-state index in [2.05, 4.69) is 77.7 Å². The standard InChI is InChI=1S/C24H17NOS/c1-3-10-18(11-4-1)25(19-12-5-2-6-13-19)20-14-9-17-23-24(20)26-21-15-7-8-16-22(21)27-23/h1-17H. The minimum absolute atomic E-state index is 0.897. The first-order valence-corrected chi connectivity index (χ1v) is 9.70. The third-order valence-corrected chi connectivity index (χ3v) is 5.61. The molecule has 0 aliphatic carbocycles. The number of ether oxygens (including phenoxy) is 1. The van der Waals surface area contributed by atoms with Gasteiger partial charge in [0.15, 0.2) is 5.75 Å². The predicted octanol–water partition coefficient (Wildman–Crippen LogP) is 7.41. The van der Waals surface area contributed by atoms with E-state index in [1.54, 1.807) is 11.8 Å². The van der Waals surface area contributed by atoms with E-state index >= 15 is 0 Å². The predicted molar refractivity (Wildman–Crippen MR) is 112 cm³/mol. The average molecular weight is 367 g/mol. The smallest absolute Gasteiger partial charge is 0.165 e. The maximum Gasteiger partial charge on any atom is 0.165 e. The Kier molecular flexibility index (Phi) is 4.07. The van der Waals surface area contributed by atoms with E-state index in [4.69, 9.17) is 4.74 Å². The molecule has 1 aliphatic rings. The summed E-state index contributed by atoms with van der Waals surface area (Å²) >= 11 is 1.75. The number of hydrogen-bond donors (Lipinski definition) is 0. The van der Waals surface area contributed by atoms with Gasteiger partial charge in [0.25, 0.3) is 0 Å². The van der Waals surface area contributed by atoms with E-state index < -0.39 is 0 Å². The van der Waals surface area contributed by atoms with Crippen molar-refractivity contribution < 1.29 is 4.74 Å². The Morgan fingerprint density at radius 1 is 0.556 bits per heavy atom. The maximum absolute atomic E-state index is 6.37. The van der Waals surface area contributed by atoms with Crippen LogP contribution in [0.15, 0.2) is 113 Å². The highest BCUT2D eigenvalue weighted by Crippen LogP contribution is 2.52. The second kappa shape index (κ2) is 6.86. The van der Waals surface area contributed by atoms with Crippen LogP contribution in [0.3, 0.4) is 0 Å². The maximum atomic E-state index is 6.37. The summed E-state index contributed by atoms with van der Waals surface area (Å²) < 4.78 is 6.37. The van der Waals surface area contributed by atoms with Gasteiger partial charge in [-0.25, -0.2) is 0 Å². The molecule has 0 saturated carbocycles. The second-order valence-electron chi connectivity index (χ2n) is 6.26. The summed E-state index contributed by atoms with van der Waals surface area (Å²) in [4.78, 5) is 4.52. The third kappa shape index (κ3) is 2.96. The normalized spacial score (nSPS) is 11.9. The largest absolute Gasteiger partial charge is 0.453 e. The van der Waals surface area contributed by atoms with Crippen molar-refractivity contribution >= 4 is 28.8 Å². The minimum atomic E-state index is 0.897. The van der Waals surface area contributed by atoms with E-state index in [9.17, 15) is 0 Å². The monoisotopic (exact) mass is 367 g/mol. The zero-order valence-corrected chi connectivity index (χ0v) is 15.4. The van der Waals surface area contributed by atoms with Gasteiger partial charge in [-0.2, -0.15) is 0 Å². The molecule has 0 aromatic heterocycles. The number of nitrogens with zero attached hydrogens (tertiary/aromatic N) is 1. The molecular formula is C24H17NOS. The Balaban J connectivity index is 1.69. The van der Waals surface area contributed by atoms with Crippen LogP contribution in [0.2, 0.25) is 0 Å². The molecule has 0 saturated heterocycles. The third-order valence-electron chi connectivity index (χ3n) is 4.51. The fourth-order valence-corrected chi connectivity index (χ4v) is 4.27. The van der Waals surface area contributed by atoms with Crippen molar-refractivity contribution in [3.63, 3.8) is 0 Å². The van der Waals surface area contributed by atoms with Crippen molar-refractivity contribution in [2.75, 3.05) is 4.90 Å². The van der Waals surface area contributed by atoms with Gasteiger partial charge in [0.1, 0.15) is 5.75 Å². The van der Waals surface area contributed by atoms with Crippen molar-refractivity contribution in [1.29, 1.82) is 0 Å². The van der Waals surface area contributed by atoms with Gasteiger partial charge in [0.2, 0.25) is 0 Å². The molecule has 1 aliphatic heterocycles. The molecule has 130 valence electrons. The lowest BCUT2D eigenvalue weighted by Gasteiger charge is -2.30. The summed E-state index contributed by atoms with van der Waals surface area (Å²) in [6.45, 7) is 0. The molecule has 0 unspecified atom stereocenters. The zero-order chi connectivity index (χ0) is 18.1. The average Bonchev–Trinajstić information content (AvgIpc) is 2.74. The lowest BCUT2D eigenvalue weighted by Crippen LogP contribution is -2.12. The summed E-state index contributed by atoms with van der Waals surface area (Å²) in [5, 5.41) is 0. The molecule has 1 heterocycles. The molecule has 0 atom stereocenters. The van der Waals surface area contributed by atoms with Gasteiger partial charge in [-0.05, 0) is 48.5 Å². The number of anilines is 3. The molecule has 27 heavy (non-hydrogen) atoms. The Hall–Kier alpha value is -3.17. The van der Waals surface area contributed by atoms with Gasteiger partial charge in [0, 0.05) is 11.4 Å². The molecule has 0 spiro atoms. The van der Waals surface area contributed by atoms with Crippen LogP contribution in [0.25, 0.3) is 0 Å². The van der Waals surface area contributed by atoms with E-state index in [1.807, 2.05) is 30.3 Å². The molecule has 2 nitrogen and oxygen atoms in total. The summed E-state index contributed by atoms with van der Waals surface area (Å²) in [6, 6.07) is 35.3. The van der Waals surface area contributed by atoms with Crippen molar-refractivity contribution in [2.45, 2.75) is 9.79 Å². The number of para-hydroxylation sites is 4. The van der Waals surface area contributed by atoms with Gasteiger partial charge < -0.3 is 9.64 Å². The highest BCUT2D eigenvalue weighted by Gasteiger charge is 2.24. The molecule has 4 aromatic rings. The van der Waals surface area contributed by atoms with Crippen LogP contribution in [0.5, 0.6) is 11.5 Å². The molecule has 0 bridgehead atoms. The summed E-state index contributed by atoms with van der Waals surface area (Å²) in [7, 11) is 0. The van der Waals surface area contributed by atoms with Crippen LogP contribution in [0.4, 0.5) is 17.1 Å². The van der Waals surface area contributed by atoms with Gasteiger partial charge in [-0.3, -0.25) is 0 Å². The van der Waals surface area contributed by atoms with Crippen molar-refractivity contribution in [2.24, 2.45) is 0 Å². The molecule has 0 radical (unpaired) electrons. The zero-order valence-electron chi connectivity index (χ0n) is 14.6. The van der Waals surface area contributed by atoms with Crippen LogP contribution >= 0.6 is 11.8 Å². The van der Waals surface area contributed by atoms with E-state index in [0.717, 1.165) is 38.4 Å². The fourth-order valence-electron chi connectivity index (χ4n) is 3.29. The van der Waals surface area contributed by atoms with Gasteiger partial charge in [-0.1, -0.05) is 66.4 Å². The molecule has 5 rings (SSSR count). The quantitative estimate of drug-likeness (QED) is 0.329. The SMILES string of the molecule is c1ccc(N(c2ccccc2)c2cccc3c2Oc2ccccc2S3)cc1. The Bertz CT molecular complexity index is 1040. The number of rotatable bonds is 3. The number of hydrogen-bond acceptors (Lipinski definition) is 3. The second-order valence-corrected chi connectivity index (χ2v) is 7.35. The van der Waals surface area contributed by atoms with E-state index in [1.165, 1.54) is 0 Å². The first kappa shape index (κ1) is 16.0. The highest BCUT2D eigenvalue weighted by molar-refractivity contribution is 7.99. The van der Waals surface area contributed by atoms with Crippen molar-refractivity contribution in [1.82, 2.24) is 0 Å². The van der Waals surface area contributed by atoms with Crippen LogP contribution in [-0.2, 0) is 0 Å². The number of benzene rings is 4. The Morgan fingerprint density at radius 2 is 1.15 bits per heavy atom. The van der Waals surface area contributed by atoms with E-state index in [-0.39, 0.29) is 0 Å². The van der Waals surface area contributed by atoms with E-state index in [0.29, 0.717) is 0 Å². The molecular weight excluding hydrogens is 350 g/mol. The summed E-state index contributed by atoms with van der Waals surface area (Å²) in [6.07, 6.45) is 0. The Morgan fingerprint density at radius 3 is 1.85 bits per heavy atom. The molecule has 0 amide bonds. The van der Waals surface area contributed by atoms with Crippen LogP contribution in [-0.4, -0.2) is 0 Å². The first-order chi connectivity index (χ1) is 13.4. The first-order valence-electron chi connectivity index (χ1n) is 8.88. The molecule has 0 N–H and O–H groups in total. The summed E-state index contributed by atoms with van der Waals surface area (Å²) in [5.41, 5.74) is 3.24. The summed E-state index contributed by atoms with van der Waals surface area (Å²) in [5.74, 6) is 1.80. The fraction of sp³-hybridized carbons (Fsp3) is 0. The van der Waals surface area contributed by atoms with Gasteiger partial charge >= 0.3 is 0 Å². The van der Waals surface area contributed by atoms with Crippen LogP contribution in [0.1, 0.15) is 0 Å². The molecule has 0 fully saturated rings. The van der Waals surface area contributed by atoms with Crippen molar-refractivity contribution in [3.8, 4) is 11.5 Å². The number of fused-ring (bicyclic) bond motifs is 2. The topological polar surface area (TPSA) is 12.5 Å². The van der Waals surface area contributed by atoms with Crippen LogP contribution < -0.4 is 9.64 Å². The van der Waals surface area contributed by atoms with Gasteiger partial charge in [0.05, 0.1) is 15.5 Å². The van der Waals surface area contributed by atoms with Crippen molar-refractivity contribution in [3.05, 3.63) is 103 Å². The Labute approximate surface area is 163 Å². The van der Waals surface area contributed by atoms with Crippen LogP contribution in [0, 0.1) is 0 Å². The van der Waals surface area contributed by atoms with Gasteiger partial charge in [-0.15, -0.1) is 0 Å². The minimum Gasteiger partial charge on any atom is -0.453 e. The molecule has 3 heteroatoms.